The highest BCUT2D eigenvalue weighted by atomic mass is 79.9. The fourth-order valence-electron chi connectivity index (χ4n) is 2.49. The second-order valence-electron chi connectivity index (χ2n) is 4.76. The Labute approximate surface area is 125 Å². The van der Waals surface area contributed by atoms with E-state index in [9.17, 15) is 4.79 Å². The molecular formula is C15H15BrN2O2. The number of carbonyl (C=O) groups excluding carboxylic acids is 1. The number of amides is 1. The number of pyridine rings is 1. The summed E-state index contributed by atoms with van der Waals surface area (Å²) in [5.41, 5.74) is 1.56. The van der Waals surface area contributed by atoms with Gasteiger partial charge in [0, 0.05) is 29.0 Å². The van der Waals surface area contributed by atoms with Gasteiger partial charge in [-0.1, -0.05) is 28.1 Å². The van der Waals surface area contributed by atoms with Crippen LogP contribution in [-0.4, -0.2) is 46.9 Å². The number of nitrogens with zero attached hydrogens (tertiary/aromatic N) is 2. The lowest BCUT2D eigenvalue weighted by Gasteiger charge is -2.34. The zero-order chi connectivity index (χ0) is 13.9. The van der Waals surface area contributed by atoms with Crippen LogP contribution < -0.4 is 0 Å². The van der Waals surface area contributed by atoms with Crippen molar-refractivity contribution in [3.05, 3.63) is 42.1 Å². The molecule has 1 aromatic carbocycles. The maximum absolute atomic E-state index is 12.8. The minimum atomic E-state index is 0.0522. The first-order valence-corrected chi connectivity index (χ1v) is 7.72. The molecular weight excluding hydrogens is 320 g/mol. The number of carbonyl (C=O) groups is 1. The number of hydrogen-bond donors (Lipinski definition) is 0. The smallest absolute Gasteiger partial charge is 0.254 e. The monoisotopic (exact) mass is 334 g/mol. The standard InChI is InChI=1S/C15H15BrN2O2/c16-9-11-10-20-8-7-18(11)15(19)13-3-1-5-14-12(13)4-2-6-17-14/h1-6,11H,7-10H2. The Morgan fingerprint density at radius 1 is 1.40 bits per heavy atom. The van der Waals surface area contributed by atoms with Crippen LogP contribution in [0.15, 0.2) is 36.5 Å². The molecule has 0 radical (unpaired) electrons. The summed E-state index contributed by atoms with van der Waals surface area (Å²) < 4.78 is 5.44. The molecule has 1 amide bonds. The normalized spacial score (nSPS) is 19.2. The van der Waals surface area contributed by atoms with Crippen LogP contribution in [0.25, 0.3) is 10.9 Å². The highest BCUT2D eigenvalue weighted by molar-refractivity contribution is 9.09. The molecule has 0 bridgehead atoms. The minimum absolute atomic E-state index is 0.0522. The van der Waals surface area contributed by atoms with Gasteiger partial charge in [-0.05, 0) is 18.2 Å². The first kappa shape index (κ1) is 13.5. The zero-order valence-corrected chi connectivity index (χ0v) is 12.5. The Hall–Kier alpha value is -1.46. The number of ether oxygens (including phenoxy) is 1. The Morgan fingerprint density at radius 3 is 3.15 bits per heavy atom. The summed E-state index contributed by atoms with van der Waals surface area (Å²) in [5, 5.41) is 1.63. The molecule has 0 saturated carbocycles. The van der Waals surface area contributed by atoms with Crippen molar-refractivity contribution in [3.63, 3.8) is 0 Å². The molecule has 1 unspecified atom stereocenters. The maximum atomic E-state index is 12.8. The molecule has 4 nitrogen and oxygen atoms in total. The van der Waals surface area contributed by atoms with Gasteiger partial charge in [0.1, 0.15) is 0 Å². The van der Waals surface area contributed by atoms with Gasteiger partial charge in [0.05, 0.1) is 24.8 Å². The van der Waals surface area contributed by atoms with E-state index in [1.54, 1.807) is 6.20 Å². The molecule has 0 aliphatic carbocycles. The van der Waals surface area contributed by atoms with Crippen molar-refractivity contribution in [2.24, 2.45) is 0 Å². The molecule has 20 heavy (non-hydrogen) atoms. The van der Waals surface area contributed by atoms with E-state index in [1.165, 1.54) is 0 Å². The van der Waals surface area contributed by atoms with Gasteiger partial charge in [-0.3, -0.25) is 9.78 Å². The Balaban J connectivity index is 1.99. The molecule has 1 aliphatic rings. The largest absolute Gasteiger partial charge is 0.377 e. The van der Waals surface area contributed by atoms with E-state index in [2.05, 4.69) is 20.9 Å². The molecule has 3 rings (SSSR count). The molecule has 0 N–H and O–H groups in total. The number of benzene rings is 1. The van der Waals surface area contributed by atoms with Crippen molar-refractivity contribution < 1.29 is 9.53 Å². The van der Waals surface area contributed by atoms with E-state index < -0.39 is 0 Å². The van der Waals surface area contributed by atoms with Crippen molar-refractivity contribution in [1.82, 2.24) is 9.88 Å². The Morgan fingerprint density at radius 2 is 2.30 bits per heavy atom. The average Bonchev–Trinajstić information content (AvgIpc) is 2.53. The number of halogens is 1. The molecule has 1 fully saturated rings. The number of alkyl halides is 1. The quantitative estimate of drug-likeness (QED) is 0.792. The van der Waals surface area contributed by atoms with Crippen LogP contribution in [0.4, 0.5) is 0 Å². The fourth-order valence-corrected chi connectivity index (χ4v) is 3.03. The van der Waals surface area contributed by atoms with Crippen LogP contribution in [-0.2, 0) is 4.74 Å². The molecule has 5 heteroatoms. The molecule has 2 aromatic rings. The van der Waals surface area contributed by atoms with Gasteiger partial charge in [-0.2, -0.15) is 0 Å². The van der Waals surface area contributed by atoms with E-state index in [-0.39, 0.29) is 11.9 Å². The summed E-state index contributed by atoms with van der Waals surface area (Å²) in [5.74, 6) is 0.0522. The fraction of sp³-hybridized carbons (Fsp3) is 0.333. The SMILES string of the molecule is O=C(c1cccc2ncccc12)N1CCOCC1CBr. The summed E-state index contributed by atoms with van der Waals surface area (Å²) in [6, 6.07) is 9.56. The number of morpholine rings is 1. The minimum Gasteiger partial charge on any atom is -0.377 e. The highest BCUT2D eigenvalue weighted by Gasteiger charge is 2.28. The van der Waals surface area contributed by atoms with E-state index >= 15 is 0 Å². The van der Waals surface area contributed by atoms with Gasteiger partial charge in [-0.15, -0.1) is 0 Å². The van der Waals surface area contributed by atoms with Crippen LogP contribution in [0.1, 0.15) is 10.4 Å². The van der Waals surface area contributed by atoms with Crippen LogP contribution in [0.2, 0.25) is 0 Å². The summed E-state index contributed by atoms with van der Waals surface area (Å²) in [6.45, 7) is 1.81. The van der Waals surface area contributed by atoms with Gasteiger partial charge < -0.3 is 9.64 Å². The van der Waals surface area contributed by atoms with Gasteiger partial charge in [-0.25, -0.2) is 0 Å². The third-order valence-electron chi connectivity index (χ3n) is 3.54. The molecule has 1 aliphatic heterocycles. The third kappa shape index (κ3) is 2.43. The molecule has 2 heterocycles. The topological polar surface area (TPSA) is 42.4 Å². The number of hydrogen-bond acceptors (Lipinski definition) is 3. The number of fused-ring (bicyclic) bond motifs is 1. The second kappa shape index (κ2) is 5.89. The highest BCUT2D eigenvalue weighted by Crippen LogP contribution is 2.21. The first-order valence-electron chi connectivity index (χ1n) is 6.59. The van der Waals surface area contributed by atoms with Crippen molar-refractivity contribution in [2.45, 2.75) is 6.04 Å². The second-order valence-corrected chi connectivity index (χ2v) is 5.40. The van der Waals surface area contributed by atoms with Crippen LogP contribution in [0.3, 0.4) is 0 Å². The summed E-state index contributed by atoms with van der Waals surface area (Å²) in [6.07, 6.45) is 1.74. The van der Waals surface area contributed by atoms with Gasteiger partial charge >= 0.3 is 0 Å². The van der Waals surface area contributed by atoms with E-state index in [4.69, 9.17) is 4.74 Å². The molecule has 104 valence electrons. The predicted octanol–water partition coefficient (Wildman–Crippen LogP) is 2.47. The maximum Gasteiger partial charge on any atom is 0.254 e. The van der Waals surface area contributed by atoms with Gasteiger partial charge in [0.25, 0.3) is 5.91 Å². The van der Waals surface area contributed by atoms with Gasteiger partial charge in [0.2, 0.25) is 0 Å². The zero-order valence-electron chi connectivity index (χ0n) is 11.0. The van der Waals surface area contributed by atoms with E-state index in [0.29, 0.717) is 25.3 Å². The van der Waals surface area contributed by atoms with E-state index in [1.807, 2.05) is 35.2 Å². The molecule has 1 saturated heterocycles. The lowest BCUT2D eigenvalue weighted by atomic mass is 10.1. The summed E-state index contributed by atoms with van der Waals surface area (Å²) >= 11 is 3.46. The van der Waals surface area contributed by atoms with Crippen molar-refractivity contribution in [1.29, 1.82) is 0 Å². The summed E-state index contributed by atoms with van der Waals surface area (Å²) in [7, 11) is 0. The van der Waals surface area contributed by atoms with Crippen LogP contribution in [0, 0.1) is 0 Å². The molecule has 0 spiro atoms. The van der Waals surface area contributed by atoms with Gasteiger partial charge in [0.15, 0.2) is 0 Å². The van der Waals surface area contributed by atoms with Crippen molar-refractivity contribution >= 4 is 32.7 Å². The third-order valence-corrected chi connectivity index (χ3v) is 4.29. The van der Waals surface area contributed by atoms with Crippen molar-refractivity contribution in [2.75, 3.05) is 25.1 Å². The lowest BCUT2D eigenvalue weighted by Crippen LogP contribution is -2.49. The Kier molecular flexibility index (Phi) is 3.98. The predicted molar refractivity (Wildman–Crippen MR) is 81.2 cm³/mol. The summed E-state index contributed by atoms with van der Waals surface area (Å²) in [4.78, 5) is 19.0. The number of rotatable bonds is 2. The van der Waals surface area contributed by atoms with Crippen LogP contribution in [0.5, 0.6) is 0 Å². The Bertz CT molecular complexity index is 627. The van der Waals surface area contributed by atoms with Crippen LogP contribution >= 0.6 is 15.9 Å². The first-order chi connectivity index (χ1) is 9.81. The van der Waals surface area contributed by atoms with E-state index in [0.717, 1.165) is 16.2 Å². The molecule has 1 atom stereocenters. The average molecular weight is 335 g/mol. The lowest BCUT2D eigenvalue weighted by molar-refractivity contribution is 0.00536. The number of aromatic nitrogens is 1. The molecule has 1 aromatic heterocycles. The van der Waals surface area contributed by atoms with Crippen molar-refractivity contribution in [3.8, 4) is 0 Å².